The Labute approximate surface area is 189 Å². The fraction of sp³-hybridized carbons (Fsp3) is 0.160. The lowest BCUT2D eigenvalue weighted by Gasteiger charge is -2.18. The van der Waals surface area contributed by atoms with Crippen molar-refractivity contribution in [1.29, 1.82) is 0 Å². The average molecular weight is 456 g/mol. The maximum absolute atomic E-state index is 14.4. The molecule has 0 atom stereocenters. The highest BCUT2D eigenvalue weighted by Gasteiger charge is 2.29. The van der Waals surface area contributed by atoms with Gasteiger partial charge in [0, 0.05) is 30.7 Å². The highest BCUT2D eigenvalue weighted by atomic mass is 19.3. The number of hydrogen-bond acceptors (Lipinski definition) is 3. The average Bonchev–Trinajstić information content (AvgIpc) is 2.79. The first-order chi connectivity index (χ1) is 15.6. The Morgan fingerprint density at radius 2 is 1.64 bits per heavy atom. The normalized spacial score (nSPS) is 11.4. The third kappa shape index (κ3) is 5.93. The molecule has 0 spiro atoms. The number of carbonyl (C=O) groups excluding carboxylic acids is 2. The molecule has 3 rings (SSSR count). The van der Waals surface area contributed by atoms with E-state index in [-0.39, 0.29) is 28.1 Å². The van der Waals surface area contributed by atoms with E-state index < -0.39 is 17.6 Å². The first-order valence-corrected chi connectivity index (χ1v) is 9.78. The maximum Gasteiger partial charge on any atom is 0.278 e. The molecule has 3 aromatic rings. The van der Waals surface area contributed by atoms with Crippen molar-refractivity contribution >= 4 is 18.0 Å². The van der Waals surface area contributed by atoms with Gasteiger partial charge in [-0.25, -0.2) is 13.2 Å². The molecule has 0 saturated heterocycles. The van der Waals surface area contributed by atoms with Crippen molar-refractivity contribution < 1.29 is 27.9 Å². The standard InChI is InChI=1S/C24H19F3N2O2.CH4O/c1-14-5-3-4-6-18(14)19-10-9-16(11-20(19)24(2,26)27)23(31)29-22(28)15-7-8-17(13-30)21(25)12-15;1-2/h3-13H,1-2H3,(H2,28,29,31);2H,1H3. The van der Waals surface area contributed by atoms with Gasteiger partial charge >= 0.3 is 0 Å². The van der Waals surface area contributed by atoms with E-state index in [0.717, 1.165) is 31.7 Å². The fourth-order valence-electron chi connectivity index (χ4n) is 3.17. The minimum absolute atomic E-state index is 0.0817. The van der Waals surface area contributed by atoms with Gasteiger partial charge in [-0.05, 0) is 47.9 Å². The van der Waals surface area contributed by atoms with Crippen molar-refractivity contribution in [3.8, 4) is 11.1 Å². The smallest absolute Gasteiger partial charge is 0.278 e. The van der Waals surface area contributed by atoms with Crippen molar-refractivity contribution in [3.05, 3.63) is 94.3 Å². The number of rotatable bonds is 5. The van der Waals surface area contributed by atoms with Crippen LogP contribution in [0.2, 0.25) is 0 Å². The molecule has 0 aliphatic heterocycles. The molecule has 3 aromatic carbocycles. The van der Waals surface area contributed by atoms with Gasteiger partial charge in [0.2, 0.25) is 0 Å². The summed E-state index contributed by atoms with van der Waals surface area (Å²) in [6, 6.07) is 14.6. The second kappa shape index (κ2) is 10.7. The monoisotopic (exact) mass is 456 g/mol. The molecule has 33 heavy (non-hydrogen) atoms. The molecule has 0 aliphatic rings. The first-order valence-electron chi connectivity index (χ1n) is 9.78. The van der Waals surface area contributed by atoms with Gasteiger partial charge < -0.3 is 10.8 Å². The molecular formula is C25H23F3N2O3. The lowest BCUT2D eigenvalue weighted by molar-refractivity contribution is 0.0180. The number of nitrogens with two attached hydrogens (primary N) is 1. The van der Waals surface area contributed by atoms with Gasteiger partial charge in [-0.3, -0.25) is 9.59 Å². The Hall–Kier alpha value is -3.78. The van der Waals surface area contributed by atoms with Crippen LogP contribution < -0.4 is 5.73 Å². The summed E-state index contributed by atoms with van der Waals surface area (Å²) in [5.41, 5.74) is 7.07. The predicted molar refractivity (Wildman–Crippen MR) is 121 cm³/mol. The van der Waals surface area contributed by atoms with Gasteiger partial charge in [0.25, 0.3) is 11.8 Å². The number of hydrogen-bond donors (Lipinski definition) is 2. The van der Waals surface area contributed by atoms with Crippen LogP contribution >= 0.6 is 0 Å². The van der Waals surface area contributed by atoms with Crippen LogP contribution in [0.3, 0.4) is 0 Å². The number of aliphatic imine (C=N–C) groups is 1. The quantitative estimate of drug-likeness (QED) is 0.325. The Morgan fingerprint density at radius 3 is 2.21 bits per heavy atom. The number of aryl methyl sites for hydroxylation is 1. The molecule has 8 heteroatoms. The number of nitrogens with zero attached hydrogens (tertiary/aromatic N) is 1. The van der Waals surface area contributed by atoms with E-state index >= 15 is 0 Å². The van der Waals surface area contributed by atoms with Crippen LogP contribution in [0.4, 0.5) is 13.2 Å². The topological polar surface area (TPSA) is 92.8 Å². The summed E-state index contributed by atoms with van der Waals surface area (Å²) in [7, 11) is 1.00. The van der Waals surface area contributed by atoms with E-state index in [9.17, 15) is 22.8 Å². The summed E-state index contributed by atoms with van der Waals surface area (Å²) < 4.78 is 42.5. The van der Waals surface area contributed by atoms with Crippen LogP contribution in [-0.4, -0.2) is 30.2 Å². The van der Waals surface area contributed by atoms with Gasteiger partial charge in [-0.2, -0.15) is 4.99 Å². The van der Waals surface area contributed by atoms with Crippen LogP contribution in [0.15, 0.2) is 65.7 Å². The van der Waals surface area contributed by atoms with Crippen molar-refractivity contribution in [2.45, 2.75) is 19.8 Å². The summed E-state index contributed by atoms with van der Waals surface area (Å²) >= 11 is 0. The number of aliphatic hydroxyl groups is 1. The molecule has 0 bridgehead atoms. The number of benzene rings is 3. The minimum atomic E-state index is -3.21. The number of aldehydes is 1. The highest BCUT2D eigenvalue weighted by Crippen LogP contribution is 2.37. The zero-order valence-corrected chi connectivity index (χ0v) is 18.3. The summed E-state index contributed by atoms with van der Waals surface area (Å²) in [5.74, 6) is -5.17. The second-order valence-corrected chi connectivity index (χ2v) is 7.12. The van der Waals surface area contributed by atoms with Crippen LogP contribution in [0.1, 0.15) is 44.3 Å². The maximum atomic E-state index is 14.4. The molecule has 0 saturated carbocycles. The Balaban J connectivity index is 0.00000187. The molecule has 0 radical (unpaired) electrons. The summed E-state index contributed by atoms with van der Waals surface area (Å²) in [4.78, 5) is 27.0. The lowest BCUT2D eigenvalue weighted by atomic mass is 9.91. The van der Waals surface area contributed by atoms with Crippen molar-refractivity contribution in [2.24, 2.45) is 10.7 Å². The Kier molecular flexibility index (Phi) is 8.26. The number of aliphatic hydroxyl groups excluding tert-OH is 1. The van der Waals surface area contributed by atoms with Crippen molar-refractivity contribution in [2.75, 3.05) is 7.11 Å². The molecule has 5 nitrogen and oxygen atoms in total. The molecule has 172 valence electrons. The molecule has 1 amide bonds. The van der Waals surface area contributed by atoms with Crippen LogP contribution in [0.25, 0.3) is 11.1 Å². The van der Waals surface area contributed by atoms with E-state index in [1.807, 2.05) is 19.1 Å². The number of amides is 1. The van der Waals surface area contributed by atoms with Gasteiger partial charge in [0.15, 0.2) is 6.29 Å². The van der Waals surface area contributed by atoms with Crippen LogP contribution in [0.5, 0.6) is 0 Å². The van der Waals surface area contributed by atoms with Gasteiger partial charge in [0.1, 0.15) is 11.7 Å². The van der Waals surface area contributed by atoms with Crippen LogP contribution in [0, 0.1) is 12.7 Å². The van der Waals surface area contributed by atoms with Crippen LogP contribution in [-0.2, 0) is 5.92 Å². The number of amidine groups is 1. The molecule has 0 fully saturated rings. The summed E-state index contributed by atoms with van der Waals surface area (Å²) in [6.45, 7) is 2.57. The molecule has 0 aliphatic carbocycles. The lowest BCUT2D eigenvalue weighted by Crippen LogP contribution is -2.17. The summed E-state index contributed by atoms with van der Waals surface area (Å²) in [5, 5.41) is 7.00. The third-order valence-corrected chi connectivity index (χ3v) is 4.82. The molecule has 0 unspecified atom stereocenters. The van der Waals surface area contributed by atoms with Crippen molar-refractivity contribution in [1.82, 2.24) is 0 Å². The molecule has 0 heterocycles. The number of carbonyl (C=O) groups is 2. The zero-order chi connectivity index (χ0) is 24.8. The van der Waals surface area contributed by atoms with E-state index in [4.69, 9.17) is 10.8 Å². The fourth-order valence-corrected chi connectivity index (χ4v) is 3.17. The van der Waals surface area contributed by atoms with E-state index in [1.54, 1.807) is 12.1 Å². The Morgan fingerprint density at radius 1 is 1.00 bits per heavy atom. The van der Waals surface area contributed by atoms with E-state index in [0.29, 0.717) is 17.4 Å². The SMILES string of the molecule is CO.Cc1ccccc1-c1ccc(C(=O)N=C(N)c2ccc(C=O)c(F)c2)cc1C(C)(F)F. The number of alkyl halides is 2. The first kappa shape index (κ1) is 25.5. The zero-order valence-electron chi connectivity index (χ0n) is 18.3. The Bertz CT molecular complexity index is 1200. The second-order valence-electron chi connectivity index (χ2n) is 7.12. The predicted octanol–water partition coefficient (Wildman–Crippen LogP) is 4.88. The van der Waals surface area contributed by atoms with E-state index in [2.05, 4.69) is 4.99 Å². The number of halogens is 3. The highest BCUT2D eigenvalue weighted by molar-refractivity contribution is 6.09. The minimum Gasteiger partial charge on any atom is -0.400 e. The largest absolute Gasteiger partial charge is 0.400 e. The third-order valence-electron chi connectivity index (χ3n) is 4.82. The van der Waals surface area contributed by atoms with Gasteiger partial charge in [-0.1, -0.05) is 36.4 Å². The molecular weight excluding hydrogens is 433 g/mol. The van der Waals surface area contributed by atoms with Gasteiger partial charge in [-0.15, -0.1) is 0 Å². The van der Waals surface area contributed by atoms with Gasteiger partial charge in [0.05, 0.1) is 5.56 Å². The van der Waals surface area contributed by atoms with E-state index in [1.165, 1.54) is 24.3 Å². The molecule has 3 N–H and O–H groups in total. The van der Waals surface area contributed by atoms with Crippen molar-refractivity contribution in [3.63, 3.8) is 0 Å². The molecule has 0 aromatic heterocycles. The summed E-state index contributed by atoms with van der Waals surface area (Å²) in [6.07, 6.45) is 0.347.